The number of carbonyl (C=O) groups is 3. The molecule has 0 fully saturated rings. The van der Waals surface area contributed by atoms with Crippen LogP contribution < -0.4 is 10.6 Å². The highest BCUT2D eigenvalue weighted by Gasteiger charge is 2.20. The minimum atomic E-state index is -1.03. The fourth-order valence-electron chi connectivity index (χ4n) is 2.09. The van der Waals surface area contributed by atoms with Gasteiger partial charge in [-0.15, -0.1) is 11.3 Å². The van der Waals surface area contributed by atoms with Crippen molar-refractivity contribution < 1.29 is 19.5 Å². The van der Waals surface area contributed by atoms with Crippen molar-refractivity contribution in [2.75, 3.05) is 7.05 Å². The van der Waals surface area contributed by atoms with Gasteiger partial charge in [0.1, 0.15) is 9.88 Å². The largest absolute Gasteiger partial charge is 0.477 e. The van der Waals surface area contributed by atoms with Gasteiger partial charge in [-0.25, -0.2) is 9.78 Å². The Balaban J connectivity index is 2.16. The fourth-order valence-corrected chi connectivity index (χ4v) is 3.00. The highest BCUT2D eigenvalue weighted by molar-refractivity contribution is 7.13. The van der Waals surface area contributed by atoms with Gasteiger partial charge in [0.25, 0.3) is 11.8 Å². The zero-order chi connectivity index (χ0) is 17.9. The van der Waals surface area contributed by atoms with E-state index in [4.69, 9.17) is 5.11 Å². The second kappa shape index (κ2) is 7.22. The molecule has 24 heavy (non-hydrogen) atoms. The van der Waals surface area contributed by atoms with Crippen molar-refractivity contribution in [2.24, 2.45) is 0 Å². The van der Waals surface area contributed by atoms with Gasteiger partial charge < -0.3 is 15.7 Å². The Labute approximate surface area is 142 Å². The second-order valence-corrected chi connectivity index (χ2v) is 6.16. The molecule has 1 unspecified atom stereocenters. The SMILES string of the molecule is CNC(=O)c1cccc(C(=O)NC(C)c2nc(C)c(C(=O)O)s2)c1. The molecule has 2 rings (SSSR count). The molecule has 0 bridgehead atoms. The number of rotatable bonds is 5. The van der Waals surface area contributed by atoms with Gasteiger partial charge in [0.05, 0.1) is 11.7 Å². The lowest BCUT2D eigenvalue weighted by molar-refractivity contribution is 0.0700. The van der Waals surface area contributed by atoms with Gasteiger partial charge in [0.2, 0.25) is 0 Å². The summed E-state index contributed by atoms with van der Waals surface area (Å²) >= 11 is 1.04. The summed E-state index contributed by atoms with van der Waals surface area (Å²) in [7, 11) is 1.52. The Morgan fingerprint density at radius 2 is 1.83 bits per heavy atom. The first-order chi connectivity index (χ1) is 11.3. The highest BCUT2D eigenvalue weighted by Crippen LogP contribution is 2.23. The molecular weight excluding hydrogens is 330 g/mol. The molecular formula is C16H17N3O4S. The predicted molar refractivity (Wildman–Crippen MR) is 89.5 cm³/mol. The average Bonchev–Trinajstić information content (AvgIpc) is 2.96. The summed E-state index contributed by atoms with van der Waals surface area (Å²) in [6, 6.07) is 5.89. The number of aromatic nitrogens is 1. The molecule has 7 nitrogen and oxygen atoms in total. The van der Waals surface area contributed by atoms with Crippen LogP contribution in [0.1, 0.15) is 54.1 Å². The van der Waals surface area contributed by atoms with Crippen molar-refractivity contribution >= 4 is 29.1 Å². The van der Waals surface area contributed by atoms with E-state index < -0.39 is 12.0 Å². The van der Waals surface area contributed by atoms with Crippen LogP contribution in [-0.2, 0) is 0 Å². The fraction of sp³-hybridized carbons (Fsp3) is 0.250. The van der Waals surface area contributed by atoms with Gasteiger partial charge in [-0.2, -0.15) is 0 Å². The number of hydrogen-bond donors (Lipinski definition) is 3. The van der Waals surface area contributed by atoms with Crippen LogP contribution in [0.4, 0.5) is 0 Å². The summed E-state index contributed by atoms with van der Waals surface area (Å²) < 4.78 is 0. The number of carboxylic acid groups (broad SMARTS) is 1. The molecule has 8 heteroatoms. The molecule has 0 spiro atoms. The van der Waals surface area contributed by atoms with E-state index in [2.05, 4.69) is 15.6 Å². The molecule has 0 saturated carbocycles. The molecule has 2 aromatic rings. The normalized spacial score (nSPS) is 11.6. The number of aromatic carboxylic acids is 1. The number of benzene rings is 1. The number of nitrogens with zero attached hydrogens (tertiary/aromatic N) is 1. The van der Waals surface area contributed by atoms with Gasteiger partial charge in [-0.05, 0) is 32.0 Å². The number of carboxylic acids is 1. The van der Waals surface area contributed by atoms with Crippen LogP contribution >= 0.6 is 11.3 Å². The Morgan fingerprint density at radius 1 is 1.21 bits per heavy atom. The average molecular weight is 347 g/mol. The quantitative estimate of drug-likeness (QED) is 0.766. The van der Waals surface area contributed by atoms with Crippen molar-refractivity contribution in [3.63, 3.8) is 0 Å². The third-order valence-electron chi connectivity index (χ3n) is 3.34. The lowest BCUT2D eigenvalue weighted by atomic mass is 10.1. The molecule has 1 heterocycles. The molecule has 0 aliphatic heterocycles. The summed E-state index contributed by atoms with van der Waals surface area (Å²) in [5, 5.41) is 14.8. The first kappa shape index (κ1) is 17.6. The number of hydrogen-bond acceptors (Lipinski definition) is 5. The molecule has 1 aromatic carbocycles. The maximum atomic E-state index is 12.3. The molecule has 0 radical (unpaired) electrons. The molecule has 0 saturated heterocycles. The standard InChI is InChI=1S/C16H17N3O4S/c1-8-12(16(22)23)24-15(19-8)9(2)18-14(21)11-6-4-5-10(7-11)13(20)17-3/h4-7,9H,1-3H3,(H,17,20)(H,18,21)(H,22,23). The van der Waals surface area contributed by atoms with E-state index in [9.17, 15) is 14.4 Å². The Bertz CT molecular complexity index is 800. The van der Waals surface area contributed by atoms with Crippen LogP contribution in [0.25, 0.3) is 0 Å². The Hall–Kier alpha value is -2.74. The molecule has 0 aliphatic carbocycles. The molecule has 1 aromatic heterocycles. The minimum absolute atomic E-state index is 0.160. The molecule has 2 amide bonds. The first-order valence-electron chi connectivity index (χ1n) is 7.17. The molecule has 0 aliphatic rings. The van der Waals surface area contributed by atoms with E-state index in [1.165, 1.54) is 13.1 Å². The van der Waals surface area contributed by atoms with E-state index in [0.717, 1.165) is 11.3 Å². The van der Waals surface area contributed by atoms with Gasteiger partial charge in [-0.3, -0.25) is 9.59 Å². The van der Waals surface area contributed by atoms with Crippen molar-refractivity contribution in [1.82, 2.24) is 15.6 Å². The summed E-state index contributed by atoms with van der Waals surface area (Å²) in [6.45, 7) is 3.34. The van der Waals surface area contributed by atoms with E-state index >= 15 is 0 Å². The second-order valence-electron chi connectivity index (χ2n) is 5.13. The van der Waals surface area contributed by atoms with Crippen LogP contribution in [-0.4, -0.2) is 34.9 Å². The topological polar surface area (TPSA) is 108 Å². The van der Waals surface area contributed by atoms with Crippen molar-refractivity contribution in [1.29, 1.82) is 0 Å². The maximum absolute atomic E-state index is 12.3. The number of amides is 2. The first-order valence-corrected chi connectivity index (χ1v) is 7.98. The molecule has 3 N–H and O–H groups in total. The smallest absolute Gasteiger partial charge is 0.347 e. The van der Waals surface area contributed by atoms with Crippen LogP contribution in [0, 0.1) is 6.92 Å². The van der Waals surface area contributed by atoms with Gasteiger partial charge in [0, 0.05) is 18.2 Å². The summed E-state index contributed by atoms with van der Waals surface area (Å²) in [5.74, 6) is -1.68. The van der Waals surface area contributed by atoms with E-state index in [1.54, 1.807) is 32.0 Å². The molecule has 126 valence electrons. The van der Waals surface area contributed by atoms with Crippen molar-refractivity contribution in [3.8, 4) is 0 Å². The van der Waals surface area contributed by atoms with Crippen LogP contribution in [0.15, 0.2) is 24.3 Å². The third-order valence-corrected chi connectivity index (χ3v) is 4.67. The highest BCUT2D eigenvalue weighted by atomic mass is 32.1. The van der Waals surface area contributed by atoms with E-state index in [1.807, 2.05) is 0 Å². The lowest BCUT2D eigenvalue weighted by Crippen LogP contribution is -2.27. The summed E-state index contributed by atoms with van der Waals surface area (Å²) in [6.07, 6.45) is 0. The van der Waals surface area contributed by atoms with Crippen molar-refractivity contribution in [2.45, 2.75) is 19.9 Å². The van der Waals surface area contributed by atoms with Gasteiger partial charge in [0.15, 0.2) is 0 Å². The number of nitrogens with one attached hydrogen (secondary N) is 2. The maximum Gasteiger partial charge on any atom is 0.347 e. The summed E-state index contributed by atoms with van der Waals surface area (Å²) in [5.41, 5.74) is 1.15. The Kier molecular flexibility index (Phi) is 5.30. The van der Waals surface area contributed by atoms with Crippen LogP contribution in [0.3, 0.4) is 0 Å². The summed E-state index contributed by atoms with van der Waals surface area (Å²) in [4.78, 5) is 39.4. The minimum Gasteiger partial charge on any atom is -0.477 e. The van der Waals surface area contributed by atoms with Crippen LogP contribution in [0.5, 0.6) is 0 Å². The Morgan fingerprint density at radius 3 is 2.38 bits per heavy atom. The zero-order valence-electron chi connectivity index (χ0n) is 13.4. The van der Waals surface area contributed by atoms with Gasteiger partial charge >= 0.3 is 5.97 Å². The monoisotopic (exact) mass is 347 g/mol. The number of aryl methyl sites for hydroxylation is 1. The van der Waals surface area contributed by atoms with Crippen molar-refractivity contribution in [3.05, 3.63) is 51.0 Å². The van der Waals surface area contributed by atoms with Gasteiger partial charge in [-0.1, -0.05) is 6.07 Å². The lowest BCUT2D eigenvalue weighted by Gasteiger charge is -2.11. The third kappa shape index (κ3) is 3.77. The number of thiazole rings is 1. The molecule has 1 atom stereocenters. The predicted octanol–water partition coefficient (Wildman–Crippen LogP) is 2.00. The van der Waals surface area contributed by atoms with E-state index in [-0.39, 0.29) is 16.7 Å². The zero-order valence-corrected chi connectivity index (χ0v) is 14.2. The van der Waals surface area contributed by atoms with E-state index in [0.29, 0.717) is 21.8 Å². The van der Waals surface area contributed by atoms with Crippen LogP contribution in [0.2, 0.25) is 0 Å². The number of carbonyl (C=O) groups excluding carboxylic acids is 2.